The van der Waals surface area contributed by atoms with E-state index in [9.17, 15) is 9.59 Å². The first kappa shape index (κ1) is 24.4. The molecule has 5 aromatic rings. The summed E-state index contributed by atoms with van der Waals surface area (Å²) < 4.78 is 12.1. The lowest BCUT2D eigenvalue weighted by molar-refractivity contribution is -0.118. The van der Waals surface area contributed by atoms with Gasteiger partial charge in [-0.05, 0) is 80.4 Å². The van der Waals surface area contributed by atoms with Gasteiger partial charge in [0, 0.05) is 28.3 Å². The summed E-state index contributed by atoms with van der Waals surface area (Å²) in [6.07, 6.45) is 0. The summed E-state index contributed by atoms with van der Waals surface area (Å²) in [6.45, 7) is 5.52. The van der Waals surface area contributed by atoms with Crippen LogP contribution < -0.4 is 28.1 Å². The number of carbonyl (C=O) groups is 1. The van der Waals surface area contributed by atoms with E-state index >= 15 is 0 Å². The maximum absolute atomic E-state index is 12.4. The van der Waals surface area contributed by atoms with Gasteiger partial charge in [0.05, 0.1) is 10.2 Å². The van der Waals surface area contributed by atoms with Crippen LogP contribution in [0.5, 0.6) is 5.75 Å². The van der Waals surface area contributed by atoms with Crippen molar-refractivity contribution in [3.05, 3.63) is 87.8 Å². The van der Waals surface area contributed by atoms with Gasteiger partial charge in [-0.2, -0.15) is 0 Å². The second kappa shape index (κ2) is 9.90. The topological polar surface area (TPSA) is 81.4 Å². The van der Waals surface area contributed by atoms with Crippen LogP contribution in [-0.2, 0) is 4.79 Å². The van der Waals surface area contributed by atoms with Crippen LogP contribution in [0.4, 0.5) is 5.69 Å². The van der Waals surface area contributed by atoms with E-state index in [1.165, 1.54) is 5.56 Å². The number of hydrogen-bond acceptors (Lipinski definition) is 6. The minimum atomic E-state index is -0.371. The number of anilines is 1. The summed E-state index contributed by atoms with van der Waals surface area (Å²) >= 11 is 1.65. The van der Waals surface area contributed by atoms with E-state index in [4.69, 9.17) is 14.1 Å². The molecule has 0 unspecified atom stereocenters. The number of aromatic nitrogens is 1. The highest BCUT2D eigenvalue weighted by Crippen LogP contribution is 2.31. The molecular formula is C27H22ClN2O4S-. The SMILES string of the molecule is Cc1ccc2nc(-c3ccc(NC(=O)COc4ccc5c(C)c(C)c(=O)oc5c4)cc3)sc2c1.[Cl-]. The second-order valence-electron chi connectivity index (χ2n) is 8.20. The predicted octanol–water partition coefficient (Wildman–Crippen LogP) is 3.02. The Balaban J connectivity index is 0.00000289. The fourth-order valence-corrected chi connectivity index (χ4v) is 4.78. The Kier molecular flexibility index (Phi) is 6.91. The molecular weight excluding hydrogens is 484 g/mol. The molecule has 1 N–H and O–H groups in total. The third kappa shape index (κ3) is 5.06. The highest BCUT2D eigenvalue weighted by atomic mass is 35.5. The maximum atomic E-state index is 12.4. The van der Waals surface area contributed by atoms with E-state index in [0.717, 1.165) is 31.7 Å². The number of rotatable bonds is 5. The summed E-state index contributed by atoms with van der Waals surface area (Å²) in [5, 5.41) is 4.62. The van der Waals surface area contributed by atoms with Gasteiger partial charge >= 0.3 is 5.63 Å². The zero-order valence-corrected chi connectivity index (χ0v) is 20.9. The maximum Gasteiger partial charge on any atom is 0.339 e. The van der Waals surface area contributed by atoms with Crippen molar-refractivity contribution < 1.29 is 26.4 Å². The number of fused-ring (bicyclic) bond motifs is 2. The largest absolute Gasteiger partial charge is 1.00 e. The van der Waals surface area contributed by atoms with Gasteiger partial charge in [-0.3, -0.25) is 4.79 Å². The van der Waals surface area contributed by atoms with Gasteiger partial charge in [-0.15, -0.1) is 11.3 Å². The monoisotopic (exact) mass is 505 g/mol. The first-order chi connectivity index (χ1) is 16.4. The molecule has 0 atom stereocenters. The standard InChI is InChI=1S/C27H22N2O4S.ClH/c1-15-4-11-22-24(12-15)34-26(29-22)18-5-7-19(8-6-18)28-25(30)14-32-20-9-10-21-16(2)17(3)27(31)33-23(21)13-20;/h4-13H,14H2,1-3H3,(H,28,30);1H/p-1. The molecule has 0 radical (unpaired) electrons. The minimum absolute atomic E-state index is 0. The number of carbonyl (C=O) groups excluding carboxylic acids is 1. The summed E-state index contributed by atoms with van der Waals surface area (Å²) in [5.74, 6) is 0.167. The van der Waals surface area contributed by atoms with Crippen LogP contribution >= 0.6 is 11.3 Å². The number of halogens is 1. The van der Waals surface area contributed by atoms with Gasteiger partial charge in [0.1, 0.15) is 16.3 Å². The van der Waals surface area contributed by atoms with Crippen molar-refractivity contribution in [1.29, 1.82) is 0 Å². The van der Waals surface area contributed by atoms with Gasteiger partial charge in [0.2, 0.25) is 0 Å². The van der Waals surface area contributed by atoms with Crippen LogP contribution in [0.3, 0.4) is 0 Å². The van der Waals surface area contributed by atoms with Crippen molar-refractivity contribution in [2.75, 3.05) is 11.9 Å². The molecule has 8 heteroatoms. The molecule has 0 bridgehead atoms. The van der Waals surface area contributed by atoms with Gasteiger partial charge in [0.25, 0.3) is 5.91 Å². The molecule has 0 fully saturated rings. The number of thiazole rings is 1. The molecule has 1 amide bonds. The zero-order chi connectivity index (χ0) is 23.8. The summed E-state index contributed by atoms with van der Waals surface area (Å²) in [4.78, 5) is 29.0. The van der Waals surface area contributed by atoms with E-state index in [0.29, 0.717) is 22.6 Å². The summed E-state index contributed by atoms with van der Waals surface area (Å²) in [7, 11) is 0. The Morgan fingerprint density at radius 2 is 1.77 bits per heavy atom. The molecule has 3 aromatic carbocycles. The minimum Gasteiger partial charge on any atom is -1.00 e. The Morgan fingerprint density at radius 1 is 1.00 bits per heavy atom. The normalized spacial score (nSPS) is 10.8. The third-order valence-corrected chi connectivity index (χ3v) is 6.83. The van der Waals surface area contributed by atoms with E-state index in [1.54, 1.807) is 30.4 Å². The van der Waals surface area contributed by atoms with Crippen molar-refractivity contribution in [3.8, 4) is 16.3 Å². The van der Waals surface area contributed by atoms with Gasteiger partial charge < -0.3 is 26.9 Å². The van der Waals surface area contributed by atoms with Crippen molar-refractivity contribution in [3.63, 3.8) is 0 Å². The van der Waals surface area contributed by atoms with E-state index in [1.807, 2.05) is 43.3 Å². The molecule has 2 aromatic heterocycles. The van der Waals surface area contributed by atoms with Crippen molar-refractivity contribution in [2.24, 2.45) is 0 Å². The number of nitrogens with zero attached hydrogens (tertiary/aromatic N) is 1. The Bertz CT molecular complexity index is 1610. The number of benzene rings is 3. The van der Waals surface area contributed by atoms with Crippen LogP contribution in [0.25, 0.3) is 31.8 Å². The lowest BCUT2D eigenvalue weighted by Crippen LogP contribution is -3.00. The Morgan fingerprint density at radius 3 is 2.54 bits per heavy atom. The number of ether oxygens (including phenoxy) is 1. The molecule has 0 aliphatic carbocycles. The molecule has 0 saturated carbocycles. The third-order valence-electron chi connectivity index (χ3n) is 5.76. The first-order valence-electron chi connectivity index (χ1n) is 10.8. The molecule has 0 aliphatic heterocycles. The molecule has 178 valence electrons. The first-order valence-corrected chi connectivity index (χ1v) is 11.6. The number of nitrogens with one attached hydrogen (secondary N) is 1. The fourth-order valence-electron chi connectivity index (χ4n) is 3.72. The zero-order valence-electron chi connectivity index (χ0n) is 19.3. The molecule has 6 nitrogen and oxygen atoms in total. The van der Waals surface area contributed by atoms with E-state index in [-0.39, 0.29) is 30.5 Å². The quantitative estimate of drug-likeness (QED) is 0.371. The molecule has 0 spiro atoms. The van der Waals surface area contributed by atoms with Gasteiger partial charge in [-0.25, -0.2) is 9.78 Å². The summed E-state index contributed by atoms with van der Waals surface area (Å²) in [5.41, 5.74) is 5.39. The average molecular weight is 506 g/mol. The van der Waals surface area contributed by atoms with Crippen LogP contribution in [0.2, 0.25) is 0 Å². The molecule has 35 heavy (non-hydrogen) atoms. The lowest BCUT2D eigenvalue weighted by Gasteiger charge is -2.09. The Labute approximate surface area is 212 Å². The number of aryl methyl sites for hydroxylation is 2. The second-order valence-corrected chi connectivity index (χ2v) is 9.23. The molecule has 0 saturated heterocycles. The van der Waals surface area contributed by atoms with Crippen LogP contribution in [-0.4, -0.2) is 17.5 Å². The van der Waals surface area contributed by atoms with Gasteiger partial charge in [-0.1, -0.05) is 6.07 Å². The van der Waals surface area contributed by atoms with E-state index < -0.39 is 0 Å². The van der Waals surface area contributed by atoms with Crippen LogP contribution in [0.15, 0.2) is 69.9 Å². The number of amides is 1. The molecule has 5 rings (SSSR count). The smallest absolute Gasteiger partial charge is 0.339 e. The summed E-state index contributed by atoms with van der Waals surface area (Å²) in [6, 6.07) is 19.0. The van der Waals surface area contributed by atoms with Crippen molar-refractivity contribution in [2.45, 2.75) is 20.8 Å². The van der Waals surface area contributed by atoms with Gasteiger partial charge in [0.15, 0.2) is 6.61 Å². The predicted molar refractivity (Wildman–Crippen MR) is 136 cm³/mol. The average Bonchev–Trinajstić information content (AvgIpc) is 3.25. The highest BCUT2D eigenvalue weighted by molar-refractivity contribution is 7.21. The fraction of sp³-hybridized carbons (Fsp3) is 0.148. The Hall–Kier alpha value is -3.68. The highest BCUT2D eigenvalue weighted by Gasteiger charge is 2.11. The molecule has 0 aliphatic rings. The van der Waals surface area contributed by atoms with E-state index in [2.05, 4.69) is 24.4 Å². The lowest BCUT2D eigenvalue weighted by atomic mass is 10.1. The van der Waals surface area contributed by atoms with Crippen LogP contribution in [0.1, 0.15) is 16.7 Å². The number of hydrogen-bond donors (Lipinski definition) is 1. The van der Waals surface area contributed by atoms with Crippen molar-refractivity contribution in [1.82, 2.24) is 4.98 Å². The van der Waals surface area contributed by atoms with Crippen LogP contribution in [0, 0.1) is 20.8 Å². The molecule has 2 heterocycles. The van der Waals surface area contributed by atoms with Crippen molar-refractivity contribution >= 4 is 44.1 Å².